The maximum Gasteiger partial charge on any atom is 0.178 e. The van der Waals surface area contributed by atoms with Crippen LogP contribution in [0.5, 0.6) is 0 Å². The largest absolute Gasteiger partial charge is 0.224 e. The van der Waals surface area contributed by atoms with Crippen LogP contribution in [0, 0.1) is 0 Å². The number of hydrogen-bond acceptors (Lipinski definition) is 3. The Balaban J connectivity index is 2.24. The second-order valence-electron chi connectivity index (χ2n) is 4.06. The third-order valence-electron chi connectivity index (χ3n) is 2.95. The van der Waals surface area contributed by atoms with Gasteiger partial charge in [0.1, 0.15) is 0 Å². The lowest BCUT2D eigenvalue weighted by atomic mass is 10.1. The number of fused-ring (bicyclic) bond motifs is 1. The molecule has 2 rings (SSSR count). The van der Waals surface area contributed by atoms with Gasteiger partial charge in [-0.25, -0.2) is 8.42 Å². The molecule has 1 aliphatic carbocycles. The maximum atomic E-state index is 11.9. The third-order valence-corrected chi connectivity index (χ3v) is 4.64. The van der Waals surface area contributed by atoms with Gasteiger partial charge < -0.3 is 0 Å². The van der Waals surface area contributed by atoms with Crippen LogP contribution in [-0.2, 0) is 22.7 Å². The molecule has 90 valence electrons. The molecule has 0 saturated carbocycles. The number of rotatable bonds is 4. The molecule has 0 heterocycles. The van der Waals surface area contributed by atoms with E-state index in [1.54, 1.807) is 12.1 Å². The molecule has 6 heteroatoms. The Hall–Kier alpha value is -1.52. The van der Waals surface area contributed by atoms with Gasteiger partial charge in [0, 0.05) is 11.5 Å². The first kappa shape index (κ1) is 12.0. The van der Waals surface area contributed by atoms with Crippen molar-refractivity contribution in [2.24, 2.45) is 5.11 Å². The molecule has 17 heavy (non-hydrogen) atoms. The third kappa shape index (κ3) is 2.60. The summed E-state index contributed by atoms with van der Waals surface area (Å²) in [4.78, 5) is 2.89. The minimum absolute atomic E-state index is 0.0179. The van der Waals surface area contributed by atoms with Crippen LogP contribution in [0.2, 0.25) is 0 Å². The molecule has 5 nitrogen and oxygen atoms in total. The minimum atomic E-state index is -3.32. The molecule has 1 aliphatic rings. The maximum absolute atomic E-state index is 11.9. The van der Waals surface area contributed by atoms with Gasteiger partial charge in [-0.2, -0.15) is 0 Å². The van der Waals surface area contributed by atoms with Crippen LogP contribution in [0.3, 0.4) is 0 Å². The van der Waals surface area contributed by atoms with Crippen molar-refractivity contribution < 1.29 is 8.42 Å². The Kier molecular flexibility index (Phi) is 3.36. The van der Waals surface area contributed by atoms with Crippen LogP contribution in [0.15, 0.2) is 28.2 Å². The van der Waals surface area contributed by atoms with Crippen molar-refractivity contribution >= 4 is 9.84 Å². The SMILES string of the molecule is [N-]=[N+]=NCCS(=O)(=O)c1ccc2c(c1)CCC2. The van der Waals surface area contributed by atoms with Gasteiger partial charge in [0.15, 0.2) is 9.84 Å². The molecule has 0 spiro atoms. The molecule has 0 fully saturated rings. The summed E-state index contributed by atoms with van der Waals surface area (Å²) in [7, 11) is -3.32. The summed E-state index contributed by atoms with van der Waals surface area (Å²) in [5, 5.41) is 3.26. The average molecular weight is 251 g/mol. The Morgan fingerprint density at radius 1 is 1.29 bits per heavy atom. The number of hydrogen-bond donors (Lipinski definition) is 0. The van der Waals surface area contributed by atoms with E-state index < -0.39 is 9.84 Å². The zero-order valence-corrected chi connectivity index (χ0v) is 10.2. The predicted molar refractivity (Wildman–Crippen MR) is 64.5 cm³/mol. The lowest BCUT2D eigenvalue weighted by Crippen LogP contribution is -2.09. The summed E-state index contributed by atoms with van der Waals surface area (Å²) in [5.74, 6) is -0.129. The van der Waals surface area contributed by atoms with E-state index in [9.17, 15) is 8.42 Å². The normalized spacial score (nSPS) is 14.1. The van der Waals surface area contributed by atoms with Gasteiger partial charge in [-0.3, -0.25) is 0 Å². The van der Waals surface area contributed by atoms with E-state index in [1.165, 1.54) is 5.56 Å². The molecule has 0 bridgehead atoms. The predicted octanol–water partition coefficient (Wildman–Crippen LogP) is 2.26. The summed E-state index contributed by atoms with van der Waals surface area (Å²) in [6.07, 6.45) is 3.08. The first-order valence-electron chi connectivity index (χ1n) is 5.49. The molecule has 0 amide bonds. The van der Waals surface area contributed by atoms with Crippen molar-refractivity contribution in [3.63, 3.8) is 0 Å². The standard InChI is InChI=1S/C11H13N3O2S/c12-14-13-6-7-17(15,16)11-5-4-9-2-1-3-10(9)8-11/h4-5,8H,1-3,6-7H2. The van der Waals surface area contributed by atoms with Crippen molar-refractivity contribution in [1.82, 2.24) is 0 Å². The summed E-state index contributed by atoms with van der Waals surface area (Å²) >= 11 is 0. The highest BCUT2D eigenvalue weighted by molar-refractivity contribution is 7.91. The zero-order valence-electron chi connectivity index (χ0n) is 9.33. The smallest absolute Gasteiger partial charge is 0.178 e. The van der Waals surface area contributed by atoms with Gasteiger partial charge in [0.25, 0.3) is 0 Å². The first-order chi connectivity index (χ1) is 8.13. The molecular formula is C11H13N3O2S. The van der Waals surface area contributed by atoms with Gasteiger partial charge in [0.05, 0.1) is 10.6 Å². The summed E-state index contributed by atoms with van der Waals surface area (Å²) < 4.78 is 23.8. The van der Waals surface area contributed by atoms with E-state index in [-0.39, 0.29) is 12.3 Å². The van der Waals surface area contributed by atoms with Gasteiger partial charge in [0.2, 0.25) is 0 Å². The topological polar surface area (TPSA) is 82.9 Å². The van der Waals surface area contributed by atoms with Gasteiger partial charge >= 0.3 is 0 Å². The average Bonchev–Trinajstić information content (AvgIpc) is 2.76. The van der Waals surface area contributed by atoms with E-state index in [0.717, 1.165) is 24.8 Å². The van der Waals surface area contributed by atoms with Gasteiger partial charge in [-0.15, -0.1) is 0 Å². The van der Waals surface area contributed by atoms with E-state index in [4.69, 9.17) is 5.53 Å². The second-order valence-corrected chi connectivity index (χ2v) is 6.17. The number of sulfone groups is 1. The molecule has 1 aromatic rings. The monoisotopic (exact) mass is 251 g/mol. The van der Waals surface area contributed by atoms with Crippen LogP contribution < -0.4 is 0 Å². The summed E-state index contributed by atoms with van der Waals surface area (Å²) in [6.45, 7) is -0.0179. The van der Waals surface area contributed by atoms with Crippen molar-refractivity contribution in [2.45, 2.75) is 24.2 Å². The second kappa shape index (κ2) is 4.77. The molecular weight excluding hydrogens is 238 g/mol. The number of benzene rings is 1. The molecule has 0 saturated heterocycles. The highest BCUT2D eigenvalue weighted by Crippen LogP contribution is 2.25. The Bertz CT molecular complexity index is 574. The summed E-state index contributed by atoms with van der Waals surface area (Å²) in [6, 6.07) is 5.30. The molecule has 0 aliphatic heterocycles. The molecule has 0 aromatic heterocycles. The fourth-order valence-electron chi connectivity index (χ4n) is 2.07. The summed E-state index contributed by atoms with van der Waals surface area (Å²) in [5.41, 5.74) is 10.5. The van der Waals surface area contributed by atoms with Gasteiger partial charge in [-0.1, -0.05) is 11.2 Å². The molecule has 0 atom stereocenters. The van der Waals surface area contributed by atoms with E-state index in [0.29, 0.717) is 4.90 Å². The van der Waals surface area contributed by atoms with Crippen LogP contribution in [0.4, 0.5) is 0 Å². The van der Waals surface area contributed by atoms with E-state index in [1.807, 2.05) is 6.07 Å². The minimum Gasteiger partial charge on any atom is -0.224 e. The Morgan fingerprint density at radius 2 is 2.06 bits per heavy atom. The molecule has 1 aromatic carbocycles. The molecule has 0 unspecified atom stereocenters. The zero-order chi connectivity index (χ0) is 12.3. The Morgan fingerprint density at radius 3 is 2.82 bits per heavy atom. The highest BCUT2D eigenvalue weighted by Gasteiger charge is 2.17. The van der Waals surface area contributed by atoms with Crippen molar-refractivity contribution in [1.29, 1.82) is 0 Å². The Labute approximate surface area is 100 Å². The highest BCUT2D eigenvalue weighted by atomic mass is 32.2. The van der Waals surface area contributed by atoms with Crippen LogP contribution >= 0.6 is 0 Å². The van der Waals surface area contributed by atoms with Crippen LogP contribution in [0.25, 0.3) is 10.4 Å². The quantitative estimate of drug-likeness (QED) is 0.467. The first-order valence-corrected chi connectivity index (χ1v) is 7.14. The van der Waals surface area contributed by atoms with Crippen molar-refractivity contribution in [3.8, 4) is 0 Å². The lowest BCUT2D eigenvalue weighted by molar-refractivity contribution is 0.595. The van der Waals surface area contributed by atoms with Crippen LogP contribution in [-0.4, -0.2) is 20.7 Å². The fraction of sp³-hybridized carbons (Fsp3) is 0.455. The molecule has 0 radical (unpaired) electrons. The number of azide groups is 1. The van der Waals surface area contributed by atoms with Gasteiger partial charge in [-0.05, 0) is 48.1 Å². The van der Waals surface area contributed by atoms with Crippen LogP contribution in [0.1, 0.15) is 17.5 Å². The number of aryl methyl sites for hydroxylation is 2. The number of nitrogens with zero attached hydrogens (tertiary/aromatic N) is 3. The fourth-order valence-corrected chi connectivity index (χ4v) is 3.22. The van der Waals surface area contributed by atoms with E-state index in [2.05, 4.69) is 10.0 Å². The lowest BCUT2D eigenvalue weighted by Gasteiger charge is -2.05. The molecule has 0 N–H and O–H groups in total. The van der Waals surface area contributed by atoms with Crippen molar-refractivity contribution in [2.75, 3.05) is 12.3 Å². The van der Waals surface area contributed by atoms with Crippen molar-refractivity contribution in [3.05, 3.63) is 39.8 Å². The van der Waals surface area contributed by atoms with E-state index >= 15 is 0 Å².